The summed E-state index contributed by atoms with van der Waals surface area (Å²) in [7, 11) is 0. The SMILES string of the molecule is CCCCN(N)/C(=N\N)C(c1cc2ccccc2[nH]1)N1CCN(c2c(Cl)cncc2Cl)CC1. The van der Waals surface area contributed by atoms with E-state index < -0.39 is 0 Å². The smallest absolute Gasteiger partial charge is 0.162 e. The summed E-state index contributed by atoms with van der Waals surface area (Å²) in [6, 6.07) is 10.2. The number of H-pyrrole nitrogens is 1. The van der Waals surface area contributed by atoms with Gasteiger partial charge in [-0.1, -0.05) is 54.7 Å². The van der Waals surface area contributed by atoms with Gasteiger partial charge in [-0.2, -0.15) is 5.10 Å². The number of unbranched alkanes of at least 4 members (excludes halogenated alkanes) is 1. The monoisotopic (exact) mass is 488 g/mol. The molecule has 0 saturated carbocycles. The van der Waals surface area contributed by atoms with Crippen molar-refractivity contribution in [3.8, 4) is 0 Å². The number of hydrazine groups is 1. The molecule has 176 valence electrons. The summed E-state index contributed by atoms with van der Waals surface area (Å²) in [6.07, 6.45) is 5.25. The van der Waals surface area contributed by atoms with Crippen LogP contribution in [0.25, 0.3) is 10.9 Å². The number of anilines is 1. The molecule has 1 aliphatic heterocycles. The molecule has 5 N–H and O–H groups in total. The third kappa shape index (κ3) is 5.04. The van der Waals surface area contributed by atoms with E-state index in [1.165, 1.54) is 0 Å². The Hall–Kier alpha value is -2.52. The van der Waals surface area contributed by atoms with Gasteiger partial charge in [0.25, 0.3) is 0 Å². The number of para-hydroxylation sites is 1. The van der Waals surface area contributed by atoms with E-state index in [1.54, 1.807) is 17.4 Å². The Morgan fingerprint density at radius 2 is 1.88 bits per heavy atom. The highest BCUT2D eigenvalue weighted by Gasteiger charge is 2.33. The van der Waals surface area contributed by atoms with Crippen LogP contribution in [0.5, 0.6) is 0 Å². The first-order valence-electron chi connectivity index (χ1n) is 11.2. The first-order valence-corrected chi connectivity index (χ1v) is 11.9. The predicted molar refractivity (Wildman–Crippen MR) is 137 cm³/mol. The van der Waals surface area contributed by atoms with Crippen LogP contribution >= 0.6 is 23.2 Å². The minimum atomic E-state index is -0.199. The molecule has 8 nitrogen and oxygen atoms in total. The van der Waals surface area contributed by atoms with Gasteiger partial charge in [0.2, 0.25) is 0 Å². The molecular formula is C23H30Cl2N8. The van der Waals surface area contributed by atoms with Crippen LogP contribution in [0.1, 0.15) is 31.5 Å². The van der Waals surface area contributed by atoms with E-state index in [0.29, 0.717) is 22.4 Å². The number of halogens is 2. The zero-order valence-electron chi connectivity index (χ0n) is 18.7. The second-order valence-electron chi connectivity index (χ2n) is 8.22. The van der Waals surface area contributed by atoms with Crippen molar-refractivity contribution in [2.45, 2.75) is 25.8 Å². The van der Waals surface area contributed by atoms with E-state index in [9.17, 15) is 0 Å². The average Bonchev–Trinajstić information content (AvgIpc) is 3.25. The van der Waals surface area contributed by atoms with Gasteiger partial charge in [-0.3, -0.25) is 14.9 Å². The number of rotatable bonds is 7. The molecule has 1 atom stereocenters. The van der Waals surface area contributed by atoms with E-state index in [-0.39, 0.29) is 6.04 Å². The molecule has 10 heteroatoms. The molecule has 2 aromatic heterocycles. The van der Waals surface area contributed by atoms with Crippen molar-refractivity contribution >= 4 is 45.6 Å². The Labute approximate surface area is 204 Å². The lowest BCUT2D eigenvalue weighted by atomic mass is 10.1. The van der Waals surface area contributed by atoms with Gasteiger partial charge in [0.15, 0.2) is 5.84 Å². The number of pyridine rings is 1. The molecule has 3 heterocycles. The number of nitrogens with zero attached hydrogens (tertiary/aromatic N) is 5. The number of benzene rings is 1. The summed E-state index contributed by atoms with van der Waals surface area (Å²) < 4.78 is 0. The Kier molecular flexibility index (Phi) is 7.60. The third-order valence-corrected chi connectivity index (χ3v) is 6.65. The first-order chi connectivity index (χ1) is 16.0. The zero-order chi connectivity index (χ0) is 23.4. The number of aromatic nitrogens is 2. The van der Waals surface area contributed by atoms with Gasteiger partial charge in [-0.25, -0.2) is 5.84 Å². The topological polar surface area (TPSA) is 103 Å². The number of piperazine rings is 1. The molecular weight excluding hydrogens is 459 g/mol. The number of nitrogens with two attached hydrogens (primary N) is 2. The molecule has 0 spiro atoms. The summed E-state index contributed by atoms with van der Waals surface area (Å²) in [5, 5.41) is 8.09. The maximum absolute atomic E-state index is 6.44. The van der Waals surface area contributed by atoms with Crippen LogP contribution in [0, 0.1) is 0 Å². The second-order valence-corrected chi connectivity index (χ2v) is 9.04. The van der Waals surface area contributed by atoms with Gasteiger partial charge >= 0.3 is 0 Å². The van der Waals surface area contributed by atoms with Crippen molar-refractivity contribution in [3.05, 3.63) is 58.5 Å². The minimum Gasteiger partial charge on any atom is -0.366 e. The number of hydrogen-bond donors (Lipinski definition) is 3. The van der Waals surface area contributed by atoms with Crippen molar-refractivity contribution < 1.29 is 0 Å². The van der Waals surface area contributed by atoms with E-state index in [2.05, 4.69) is 50.0 Å². The summed E-state index contributed by atoms with van der Waals surface area (Å²) >= 11 is 12.8. The molecule has 0 bridgehead atoms. The summed E-state index contributed by atoms with van der Waals surface area (Å²) in [4.78, 5) is 12.2. The second kappa shape index (κ2) is 10.6. The van der Waals surface area contributed by atoms with Crippen LogP contribution in [0.4, 0.5) is 5.69 Å². The average molecular weight is 489 g/mol. The molecule has 1 saturated heterocycles. The van der Waals surface area contributed by atoms with Crippen LogP contribution < -0.4 is 16.6 Å². The van der Waals surface area contributed by atoms with Crippen LogP contribution in [0.3, 0.4) is 0 Å². The van der Waals surface area contributed by atoms with Crippen LogP contribution in [0.2, 0.25) is 10.0 Å². The molecule has 0 aliphatic carbocycles. The van der Waals surface area contributed by atoms with Crippen LogP contribution in [0.15, 0.2) is 47.8 Å². The molecule has 0 radical (unpaired) electrons. The fourth-order valence-electron chi connectivity index (χ4n) is 4.40. The fraction of sp³-hybridized carbons (Fsp3) is 0.391. The van der Waals surface area contributed by atoms with Crippen LogP contribution in [-0.4, -0.2) is 58.4 Å². The lowest BCUT2D eigenvalue weighted by Crippen LogP contribution is -2.53. The maximum Gasteiger partial charge on any atom is 0.162 e. The van der Waals surface area contributed by atoms with Gasteiger partial charge in [-0.05, 0) is 23.9 Å². The predicted octanol–water partition coefficient (Wildman–Crippen LogP) is 3.98. The highest BCUT2D eigenvalue weighted by atomic mass is 35.5. The molecule has 33 heavy (non-hydrogen) atoms. The van der Waals surface area contributed by atoms with Crippen molar-refractivity contribution in [3.63, 3.8) is 0 Å². The summed E-state index contributed by atoms with van der Waals surface area (Å²) in [5.74, 6) is 13.0. The van der Waals surface area contributed by atoms with Crippen LogP contribution in [-0.2, 0) is 0 Å². The standard InChI is InChI=1S/C23H30Cl2N8/c1-2-3-8-33(27)23(30-26)22(20-13-16-6-4-5-7-19(16)29-20)32-11-9-31(10-12-32)21-17(24)14-28-15-18(21)25/h4-7,13-15,22,29H,2-3,8-12,26-27H2,1H3/b30-23-. The van der Waals surface area contributed by atoms with Crippen molar-refractivity contribution in [1.82, 2.24) is 19.9 Å². The van der Waals surface area contributed by atoms with E-state index in [4.69, 9.17) is 34.9 Å². The molecule has 1 fully saturated rings. The maximum atomic E-state index is 6.44. The van der Waals surface area contributed by atoms with Gasteiger partial charge < -0.3 is 15.7 Å². The Morgan fingerprint density at radius 1 is 1.18 bits per heavy atom. The van der Waals surface area contributed by atoms with Gasteiger partial charge in [-0.15, -0.1) is 0 Å². The number of aromatic amines is 1. The molecule has 4 rings (SSSR count). The van der Waals surface area contributed by atoms with Gasteiger partial charge in [0, 0.05) is 56.3 Å². The lowest BCUT2D eigenvalue weighted by Gasteiger charge is -2.41. The fourth-order valence-corrected chi connectivity index (χ4v) is 5.00. The summed E-state index contributed by atoms with van der Waals surface area (Å²) in [6.45, 7) is 5.84. The lowest BCUT2D eigenvalue weighted by molar-refractivity contribution is 0.211. The quantitative estimate of drug-likeness (QED) is 0.201. The van der Waals surface area contributed by atoms with Crippen molar-refractivity contribution in [2.24, 2.45) is 16.8 Å². The van der Waals surface area contributed by atoms with E-state index in [1.807, 2.05) is 12.1 Å². The molecule has 1 aliphatic rings. The number of fused-ring (bicyclic) bond motifs is 1. The summed E-state index contributed by atoms with van der Waals surface area (Å²) in [5.41, 5.74) is 2.91. The normalized spacial score (nSPS) is 16.4. The van der Waals surface area contributed by atoms with E-state index >= 15 is 0 Å². The Bertz CT molecular complexity index is 1050. The molecule has 0 amide bonds. The van der Waals surface area contributed by atoms with Gasteiger partial charge in [0.1, 0.15) is 6.04 Å². The van der Waals surface area contributed by atoms with Gasteiger partial charge in [0.05, 0.1) is 15.7 Å². The molecule has 1 unspecified atom stereocenters. The molecule has 1 aromatic carbocycles. The van der Waals surface area contributed by atoms with Crippen molar-refractivity contribution in [1.29, 1.82) is 0 Å². The number of hydrazone groups is 1. The Balaban J connectivity index is 1.62. The Morgan fingerprint density at radius 3 is 2.52 bits per heavy atom. The number of amidine groups is 1. The molecule has 3 aromatic rings. The minimum absolute atomic E-state index is 0.199. The third-order valence-electron chi connectivity index (χ3n) is 6.09. The zero-order valence-corrected chi connectivity index (χ0v) is 20.2. The highest BCUT2D eigenvalue weighted by Crippen LogP contribution is 2.34. The largest absolute Gasteiger partial charge is 0.366 e. The number of nitrogens with one attached hydrogen (secondary N) is 1. The highest BCUT2D eigenvalue weighted by molar-refractivity contribution is 6.38. The van der Waals surface area contributed by atoms with Crippen molar-refractivity contribution in [2.75, 3.05) is 37.6 Å². The van der Waals surface area contributed by atoms with E-state index in [0.717, 1.165) is 61.3 Å². The first kappa shape index (κ1) is 23.6. The number of hydrogen-bond acceptors (Lipinski definition) is 6.